The molecule has 4 aromatic rings. The number of hydrogen-bond acceptors (Lipinski definition) is 7. The number of thioether (sulfide) groups is 1. The average Bonchev–Trinajstić information content (AvgIpc) is 3.17. The van der Waals surface area contributed by atoms with Crippen LogP contribution in [0.4, 0.5) is 4.39 Å². The van der Waals surface area contributed by atoms with E-state index in [2.05, 4.69) is 15.2 Å². The summed E-state index contributed by atoms with van der Waals surface area (Å²) in [4.78, 5) is 16.6. The van der Waals surface area contributed by atoms with E-state index in [9.17, 15) is 9.18 Å². The second-order valence-corrected chi connectivity index (χ2v) is 6.83. The summed E-state index contributed by atoms with van der Waals surface area (Å²) in [7, 11) is 0. The van der Waals surface area contributed by atoms with Crippen molar-refractivity contribution in [3.8, 4) is 5.75 Å². The van der Waals surface area contributed by atoms with Crippen molar-refractivity contribution in [2.24, 2.45) is 0 Å². The molecule has 0 unspecified atom stereocenters. The molecule has 0 amide bonds. The summed E-state index contributed by atoms with van der Waals surface area (Å²) in [5.41, 5.74) is 1.03. The number of para-hydroxylation sites is 1. The predicted octanol–water partition coefficient (Wildman–Crippen LogP) is 3.65. The molecular formula is C19H15FN4O3S. The molecule has 0 radical (unpaired) electrons. The average molecular weight is 398 g/mol. The summed E-state index contributed by atoms with van der Waals surface area (Å²) in [5, 5.41) is 8.23. The van der Waals surface area contributed by atoms with E-state index < -0.39 is 11.9 Å². The fourth-order valence-electron chi connectivity index (χ4n) is 2.54. The maximum Gasteiger partial charge on any atom is 0.277 e. The van der Waals surface area contributed by atoms with Crippen molar-refractivity contribution in [1.82, 2.24) is 19.6 Å². The van der Waals surface area contributed by atoms with Gasteiger partial charge in [0.05, 0.1) is 5.69 Å². The third-order valence-corrected chi connectivity index (χ3v) is 4.73. The molecule has 1 atom stereocenters. The summed E-state index contributed by atoms with van der Waals surface area (Å²) < 4.78 is 26.3. The lowest BCUT2D eigenvalue weighted by molar-refractivity contribution is 0.174. The Morgan fingerprint density at radius 3 is 2.89 bits per heavy atom. The van der Waals surface area contributed by atoms with E-state index in [4.69, 9.17) is 9.15 Å². The molecule has 1 aromatic carbocycles. The van der Waals surface area contributed by atoms with Crippen LogP contribution < -0.4 is 10.3 Å². The molecule has 0 bridgehead atoms. The SMILES string of the molecule is C[C@@H](Oc1ccccc1F)c1nnc(SCc2cc(=O)n3ccccc3n2)o1. The maximum atomic E-state index is 13.7. The zero-order valence-electron chi connectivity index (χ0n) is 14.8. The highest BCUT2D eigenvalue weighted by molar-refractivity contribution is 7.98. The third kappa shape index (κ3) is 3.89. The molecule has 4 rings (SSSR count). The summed E-state index contributed by atoms with van der Waals surface area (Å²) in [6, 6.07) is 12.9. The van der Waals surface area contributed by atoms with Crippen molar-refractivity contribution in [3.63, 3.8) is 0 Å². The van der Waals surface area contributed by atoms with Gasteiger partial charge < -0.3 is 9.15 Å². The monoisotopic (exact) mass is 398 g/mol. The number of rotatable bonds is 6. The zero-order valence-corrected chi connectivity index (χ0v) is 15.6. The largest absolute Gasteiger partial charge is 0.478 e. The molecule has 0 saturated carbocycles. The van der Waals surface area contributed by atoms with Crippen molar-refractivity contribution < 1.29 is 13.5 Å². The van der Waals surface area contributed by atoms with Crippen LogP contribution in [0.25, 0.3) is 5.65 Å². The van der Waals surface area contributed by atoms with E-state index >= 15 is 0 Å². The van der Waals surface area contributed by atoms with E-state index in [1.165, 1.54) is 34.4 Å². The van der Waals surface area contributed by atoms with Crippen LogP contribution in [0, 0.1) is 5.82 Å². The molecule has 9 heteroatoms. The smallest absolute Gasteiger partial charge is 0.277 e. The van der Waals surface area contributed by atoms with E-state index in [1.54, 1.807) is 37.4 Å². The van der Waals surface area contributed by atoms with Crippen molar-refractivity contribution in [3.05, 3.63) is 82.5 Å². The zero-order chi connectivity index (χ0) is 19.5. The van der Waals surface area contributed by atoms with Gasteiger partial charge in [0, 0.05) is 18.0 Å². The second-order valence-electron chi connectivity index (χ2n) is 5.90. The summed E-state index contributed by atoms with van der Waals surface area (Å²) >= 11 is 1.26. The number of hydrogen-bond donors (Lipinski definition) is 0. The van der Waals surface area contributed by atoms with Crippen molar-refractivity contribution >= 4 is 17.4 Å². The highest BCUT2D eigenvalue weighted by atomic mass is 32.2. The van der Waals surface area contributed by atoms with Gasteiger partial charge in [0.2, 0.25) is 0 Å². The molecule has 28 heavy (non-hydrogen) atoms. The summed E-state index contributed by atoms with van der Waals surface area (Å²) in [5.74, 6) is 0.280. The summed E-state index contributed by atoms with van der Waals surface area (Å²) in [6.45, 7) is 1.69. The third-order valence-electron chi connectivity index (χ3n) is 3.88. The van der Waals surface area contributed by atoms with Gasteiger partial charge in [0.1, 0.15) is 5.65 Å². The number of halogens is 1. The summed E-state index contributed by atoms with van der Waals surface area (Å²) in [6.07, 6.45) is 1.06. The minimum atomic E-state index is -0.609. The topological polar surface area (TPSA) is 82.5 Å². The Morgan fingerprint density at radius 1 is 1.21 bits per heavy atom. The molecule has 3 heterocycles. The quantitative estimate of drug-likeness (QED) is 0.459. The number of benzene rings is 1. The standard InChI is InChI=1S/C19H15FN4O3S/c1-12(26-15-7-3-2-6-14(15)20)18-22-23-19(27-18)28-11-13-10-17(25)24-9-5-4-8-16(24)21-13/h2-10,12H,11H2,1H3/t12-/m1/s1. The van der Waals surface area contributed by atoms with Gasteiger partial charge in [-0.05, 0) is 31.2 Å². The fraction of sp³-hybridized carbons (Fsp3) is 0.158. The maximum absolute atomic E-state index is 13.7. The van der Waals surface area contributed by atoms with Crippen LogP contribution in [0.15, 0.2) is 69.2 Å². The first-order chi connectivity index (χ1) is 13.6. The van der Waals surface area contributed by atoms with E-state index in [0.29, 0.717) is 22.3 Å². The molecule has 0 saturated heterocycles. The van der Waals surface area contributed by atoms with Crippen LogP contribution in [0.5, 0.6) is 5.75 Å². The Hall–Kier alpha value is -3.20. The molecule has 7 nitrogen and oxygen atoms in total. The minimum absolute atomic E-state index is 0.114. The van der Waals surface area contributed by atoms with Gasteiger partial charge in [-0.15, -0.1) is 10.2 Å². The lowest BCUT2D eigenvalue weighted by atomic mass is 10.3. The Labute approximate surface area is 163 Å². The first kappa shape index (κ1) is 18.2. The molecule has 0 spiro atoms. The van der Waals surface area contributed by atoms with Crippen LogP contribution >= 0.6 is 11.8 Å². The highest BCUT2D eigenvalue weighted by Crippen LogP contribution is 2.26. The van der Waals surface area contributed by atoms with Gasteiger partial charge in [-0.2, -0.15) is 0 Å². The number of aromatic nitrogens is 4. The molecule has 0 N–H and O–H groups in total. The first-order valence-electron chi connectivity index (χ1n) is 8.45. The van der Waals surface area contributed by atoms with Gasteiger partial charge in [0.25, 0.3) is 16.7 Å². The minimum Gasteiger partial charge on any atom is -0.478 e. The molecule has 0 fully saturated rings. The lowest BCUT2D eigenvalue weighted by Gasteiger charge is -2.11. The van der Waals surface area contributed by atoms with Gasteiger partial charge in [-0.1, -0.05) is 30.0 Å². The van der Waals surface area contributed by atoms with Crippen LogP contribution in [-0.4, -0.2) is 19.6 Å². The Balaban J connectivity index is 1.44. The Kier molecular flexibility index (Phi) is 5.07. The predicted molar refractivity (Wildman–Crippen MR) is 101 cm³/mol. The van der Waals surface area contributed by atoms with Gasteiger partial charge in [0.15, 0.2) is 17.7 Å². The fourth-order valence-corrected chi connectivity index (χ4v) is 3.20. The first-order valence-corrected chi connectivity index (χ1v) is 9.43. The van der Waals surface area contributed by atoms with E-state index in [0.717, 1.165) is 0 Å². The van der Waals surface area contributed by atoms with Gasteiger partial charge in [-0.3, -0.25) is 9.20 Å². The van der Waals surface area contributed by atoms with Crippen molar-refractivity contribution in [2.75, 3.05) is 0 Å². The van der Waals surface area contributed by atoms with Crippen molar-refractivity contribution in [2.45, 2.75) is 24.0 Å². The van der Waals surface area contributed by atoms with Crippen LogP contribution in [0.2, 0.25) is 0 Å². The number of fused-ring (bicyclic) bond motifs is 1. The van der Waals surface area contributed by atoms with E-state index in [-0.39, 0.29) is 17.2 Å². The highest BCUT2D eigenvalue weighted by Gasteiger charge is 2.17. The molecule has 0 aliphatic heterocycles. The number of nitrogens with zero attached hydrogens (tertiary/aromatic N) is 4. The van der Waals surface area contributed by atoms with Crippen LogP contribution in [0.1, 0.15) is 24.6 Å². The van der Waals surface area contributed by atoms with Gasteiger partial charge in [-0.25, -0.2) is 9.37 Å². The Morgan fingerprint density at radius 2 is 2.04 bits per heavy atom. The normalized spacial score (nSPS) is 12.2. The number of ether oxygens (including phenoxy) is 1. The second kappa shape index (κ2) is 7.81. The van der Waals surface area contributed by atoms with E-state index in [1.807, 2.05) is 6.07 Å². The molecular weight excluding hydrogens is 383 g/mol. The van der Waals surface area contributed by atoms with Gasteiger partial charge >= 0.3 is 0 Å². The molecule has 0 aliphatic rings. The van der Waals surface area contributed by atoms with Crippen LogP contribution in [0.3, 0.4) is 0 Å². The number of pyridine rings is 1. The molecule has 142 valence electrons. The lowest BCUT2D eigenvalue weighted by Crippen LogP contribution is -2.14. The van der Waals surface area contributed by atoms with Crippen molar-refractivity contribution in [1.29, 1.82) is 0 Å². The molecule has 3 aromatic heterocycles. The molecule has 0 aliphatic carbocycles. The van der Waals surface area contributed by atoms with Crippen LogP contribution in [-0.2, 0) is 5.75 Å². The Bertz CT molecular complexity index is 1180.